The molecule has 0 aromatic heterocycles. The van der Waals surface area contributed by atoms with Crippen LogP contribution in [0.25, 0.3) is 11.1 Å². The van der Waals surface area contributed by atoms with Crippen molar-refractivity contribution in [2.75, 3.05) is 26.4 Å². The normalized spacial score (nSPS) is 22.8. The van der Waals surface area contributed by atoms with Gasteiger partial charge in [-0.05, 0) is 59.9 Å². The molecule has 4 atom stereocenters. The molecular weight excluding hydrogens is 622 g/mol. The van der Waals surface area contributed by atoms with Gasteiger partial charge in [0.15, 0.2) is 0 Å². The van der Waals surface area contributed by atoms with E-state index in [2.05, 4.69) is 22.8 Å². The van der Waals surface area contributed by atoms with Gasteiger partial charge >= 0.3 is 12.1 Å². The molecular formula is C39H43N3O7. The Morgan fingerprint density at radius 3 is 2.33 bits per heavy atom. The Balaban J connectivity index is 1.14. The van der Waals surface area contributed by atoms with Crippen molar-refractivity contribution >= 4 is 23.9 Å². The molecule has 256 valence electrons. The van der Waals surface area contributed by atoms with E-state index in [0.717, 1.165) is 40.7 Å². The minimum Gasteiger partial charge on any atom is -0.462 e. The zero-order valence-electron chi connectivity index (χ0n) is 27.5. The zero-order valence-corrected chi connectivity index (χ0v) is 27.5. The molecule has 0 radical (unpaired) electrons. The maximum atomic E-state index is 13.6. The van der Waals surface area contributed by atoms with Crippen molar-refractivity contribution in [2.24, 2.45) is 5.92 Å². The van der Waals surface area contributed by atoms with Gasteiger partial charge in [0.25, 0.3) is 0 Å². The summed E-state index contributed by atoms with van der Waals surface area (Å²) in [6.45, 7) is 0.411. The number of esters is 1. The zero-order chi connectivity index (χ0) is 34.2. The number of likely N-dealkylation sites (tertiary alicyclic amines) is 1. The van der Waals surface area contributed by atoms with Crippen molar-refractivity contribution in [2.45, 2.75) is 62.6 Å². The van der Waals surface area contributed by atoms with Crippen LogP contribution in [0.5, 0.6) is 0 Å². The number of carbonyl (C=O) groups excluding carboxylic acids is 4. The van der Waals surface area contributed by atoms with Gasteiger partial charge in [0.1, 0.15) is 19.3 Å². The highest BCUT2D eigenvalue weighted by atomic mass is 16.6. The SMILES string of the molecule is O=C(N[C@H]1CCC=CC[C@H](CC(=O)N2CCC[C@H]2CO)C(=O)N[C@H](c2ccccc2)COC1=O)OCC1c2ccccc2-c2ccccc21. The van der Waals surface area contributed by atoms with Crippen molar-refractivity contribution in [1.82, 2.24) is 15.5 Å². The van der Waals surface area contributed by atoms with Crippen LogP contribution in [0.4, 0.5) is 4.79 Å². The summed E-state index contributed by atoms with van der Waals surface area (Å²) in [5.74, 6) is -1.89. The molecule has 0 saturated carbocycles. The number of rotatable bonds is 7. The lowest BCUT2D eigenvalue weighted by molar-refractivity contribution is -0.147. The summed E-state index contributed by atoms with van der Waals surface area (Å²) in [7, 11) is 0. The van der Waals surface area contributed by atoms with Gasteiger partial charge in [-0.3, -0.25) is 9.59 Å². The monoisotopic (exact) mass is 665 g/mol. The summed E-state index contributed by atoms with van der Waals surface area (Å²) >= 11 is 0. The molecule has 3 amide bonds. The highest BCUT2D eigenvalue weighted by molar-refractivity contribution is 5.87. The van der Waals surface area contributed by atoms with Crippen LogP contribution in [-0.4, -0.2) is 72.3 Å². The minimum absolute atomic E-state index is 0.0000640. The standard InChI is InChI=1S/C39H43N3O7/c43-23-28-15-11-21-42(28)36(44)22-27-14-5-2-6-20-34(38(46)48-25-35(40-37(27)45)26-12-3-1-4-13-26)41-39(47)49-24-33-31-18-9-7-16-29(31)30-17-8-10-19-32(30)33/h1-5,7-10,12-13,16-19,27-28,33-35,43H,6,11,14-15,20-25H2,(H,40,45)(H,41,47)/t27-,28+,34+,35+/m1/s1. The Morgan fingerprint density at radius 2 is 1.61 bits per heavy atom. The van der Waals surface area contributed by atoms with E-state index in [1.165, 1.54) is 0 Å². The van der Waals surface area contributed by atoms with E-state index in [0.29, 0.717) is 19.4 Å². The molecule has 3 aromatic rings. The molecule has 10 nitrogen and oxygen atoms in total. The van der Waals surface area contributed by atoms with Gasteiger partial charge in [0.2, 0.25) is 11.8 Å². The highest BCUT2D eigenvalue weighted by Crippen LogP contribution is 2.44. The summed E-state index contributed by atoms with van der Waals surface area (Å²) in [6, 6.07) is 23.5. The first-order valence-electron chi connectivity index (χ1n) is 17.1. The number of nitrogens with zero attached hydrogens (tertiary/aromatic N) is 1. The molecule has 10 heteroatoms. The average molecular weight is 666 g/mol. The number of hydrogen-bond acceptors (Lipinski definition) is 7. The lowest BCUT2D eigenvalue weighted by atomic mass is 9.97. The van der Waals surface area contributed by atoms with Crippen LogP contribution < -0.4 is 10.6 Å². The largest absolute Gasteiger partial charge is 0.462 e. The average Bonchev–Trinajstić information content (AvgIpc) is 3.74. The number of fused-ring (bicyclic) bond motifs is 3. The Bertz CT molecular complexity index is 1630. The Kier molecular flexibility index (Phi) is 11.0. The second kappa shape index (κ2) is 16.0. The molecule has 3 aromatic carbocycles. The van der Waals surface area contributed by atoms with Gasteiger partial charge < -0.3 is 30.1 Å². The first-order chi connectivity index (χ1) is 23.9. The molecule has 0 unspecified atom stereocenters. The third-order valence-electron chi connectivity index (χ3n) is 9.74. The fourth-order valence-corrected chi connectivity index (χ4v) is 7.10. The summed E-state index contributed by atoms with van der Waals surface area (Å²) in [5.41, 5.74) is 5.15. The van der Waals surface area contributed by atoms with E-state index in [9.17, 15) is 24.3 Å². The maximum absolute atomic E-state index is 13.6. The number of cyclic esters (lactones) is 1. The number of ether oxygens (including phenoxy) is 2. The van der Waals surface area contributed by atoms with Crippen molar-refractivity contribution in [3.8, 4) is 11.1 Å². The molecule has 0 spiro atoms. The Hall–Kier alpha value is -4.96. The summed E-state index contributed by atoms with van der Waals surface area (Å²) in [6.07, 6.45) is 5.53. The summed E-state index contributed by atoms with van der Waals surface area (Å²) < 4.78 is 11.4. The summed E-state index contributed by atoms with van der Waals surface area (Å²) in [5, 5.41) is 15.5. The Morgan fingerprint density at radius 1 is 0.918 bits per heavy atom. The van der Waals surface area contributed by atoms with E-state index >= 15 is 0 Å². The quantitative estimate of drug-likeness (QED) is 0.238. The second-order valence-electron chi connectivity index (χ2n) is 12.9. The van der Waals surface area contributed by atoms with Gasteiger partial charge in [-0.25, -0.2) is 9.59 Å². The van der Waals surface area contributed by atoms with Crippen LogP contribution in [0.1, 0.15) is 67.2 Å². The van der Waals surface area contributed by atoms with Crippen molar-refractivity contribution < 1.29 is 33.8 Å². The number of benzene rings is 3. The van der Waals surface area contributed by atoms with E-state index < -0.39 is 30.1 Å². The molecule has 3 aliphatic rings. The third kappa shape index (κ3) is 8.03. The number of amides is 3. The molecule has 49 heavy (non-hydrogen) atoms. The molecule has 0 bridgehead atoms. The topological polar surface area (TPSA) is 134 Å². The van der Waals surface area contributed by atoms with Crippen LogP contribution >= 0.6 is 0 Å². The lowest BCUT2D eigenvalue weighted by Gasteiger charge is -2.26. The number of aliphatic hydroxyl groups is 1. The van der Waals surface area contributed by atoms with Gasteiger partial charge in [-0.2, -0.15) is 0 Å². The molecule has 6 rings (SSSR count). The molecule has 1 aliphatic carbocycles. The first kappa shape index (κ1) is 33.9. The summed E-state index contributed by atoms with van der Waals surface area (Å²) in [4.78, 5) is 55.1. The van der Waals surface area contributed by atoms with Gasteiger partial charge in [0, 0.05) is 18.9 Å². The number of aliphatic hydroxyl groups excluding tert-OH is 1. The highest BCUT2D eigenvalue weighted by Gasteiger charge is 2.33. The molecule has 2 aliphatic heterocycles. The maximum Gasteiger partial charge on any atom is 0.407 e. The van der Waals surface area contributed by atoms with Crippen LogP contribution in [0.3, 0.4) is 0 Å². The van der Waals surface area contributed by atoms with Crippen LogP contribution in [0.15, 0.2) is 91.0 Å². The number of hydrogen-bond donors (Lipinski definition) is 3. The van der Waals surface area contributed by atoms with Gasteiger partial charge in [-0.15, -0.1) is 0 Å². The number of allylic oxidation sites excluding steroid dienone is 2. The number of nitrogens with one attached hydrogen (secondary N) is 2. The molecule has 1 saturated heterocycles. The van der Waals surface area contributed by atoms with E-state index in [4.69, 9.17) is 9.47 Å². The first-order valence-corrected chi connectivity index (χ1v) is 17.1. The number of alkyl carbamates (subject to hydrolysis) is 1. The van der Waals surface area contributed by atoms with E-state index in [1.54, 1.807) is 4.90 Å². The van der Waals surface area contributed by atoms with Crippen molar-refractivity contribution in [3.63, 3.8) is 0 Å². The smallest absolute Gasteiger partial charge is 0.407 e. The predicted octanol–water partition coefficient (Wildman–Crippen LogP) is 5.02. The fraction of sp³-hybridized carbons (Fsp3) is 0.385. The molecule has 3 N–H and O–H groups in total. The second-order valence-corrected chi connectivity index (χ2v) is 12.9. The minimum atomic E-state index is -0.976. The van der Waals surface area contributed by atoms with Crippen LogP contribution in [-0.2, 0) is 23.9 Å². The van der Waals surface area contributed by atoms with Crippen LogP contribution in [0, 0.1) is 5.92 Å². The van der Waals surface area contributed by atoms with E-state index in [-0.39, 0.29) is 56.4 Å². The number of carbonyl (C=O) groups is 4. The van der Waals surface area contributed by atoms with Crippen molar-refractivity contribution in [3.05, 3.63) is 108 Å². The molecule has 2 heterocycles. The van der Waals surface area contributed by atoms with Gasteiger partial charge in [0.05, 0.1) is 24.6 Å². The molecule has 1 fully saturated rings. The predicted molar refractivity (Wildman–Crippen MR) is 183 cm³/mol. The fourth-order valence-electron chi connectivity index (χ4n) is 7.10. The lowest BCUT2D eigenvalue weighted by Crippen LogP contribution is -2.44. The van der Waals surface area contributed by atoms with E-state index in [1.807, 2.05) is 78.9 Å². The van der Waals surface area contributed by atoms with Crippen LogP contribution in [0.2, 0.25) is 0 Å². The van der Waals surface area contributed by atoms with Crippen molar-refractivity contribution in [1.29, 1.82) is 0 Å². The Labute approximate surface area is 286 Å². The van der Waals surface area contributed by atoms with Gasteiger partial charge in [-0.1, -0.05) is 91.0 Å². The third-order valence-corrected chi connectivity index (χ3v) is 9.74.